The van der Waals surface area contributed by atoms with Crippen molar-refractivity contribution < 1.29 is 4.43 Å². The Bertz CT molecular complexity index is 1670. The number of imidazole rings is 1. The lowest BCUT2D eigenvalue weighted by Crippen LogP contribution is -2.40. The molecule has 7 nitrogen and oxygen atoms in total. The smallest absolute Gasteiger partial charge is 0.192 e. The van der Waals surface area contributed by atoms with Crippen molar-refractivity contribution in [3.8, 4) is 28.5 Å². The van der Waals surface area contributed by atoms with E-state index in [0.29, 0.717) is 24.2 Å². The first-order chi connectivity index (χ1) is 19.1. The second-order valence-electron chi connectivity index (χ2n) is 12.2. The van der Waals surface area contributed by atoms with E-state index in [2.05, 4.69) is 79.8 Å². The minimum absolute atomic E-state index is 0.164. The van der Waals surface area contributed by atoms with Crippen LogP contribution in [0.3, 0.4) is 0 Å². The van der Waals surface area contributed by atoms with Gasteiger partial charge in [0, 0.05) is 18.1 Å². The predicted octanol–water partition coefficient (Wildman–Crippen LogP) is 7.53. The maximum atomic E-state index is 6.46. The van der Waals surface area contributed by atoms with Crippen LogP contribution in [0.5, 0.6) is 0 Å². The summed E-state index contributed by atoms with van der Waals surface area (Å²) in [6, 6.07) is 20.5. The van der Waals surface area contributed by atoms with E-state index < -0.39 is 8.32 Å². The third-order valence-corrected chi connectivity index (χ3v) is 12.8. The molecule has 1 saturated carbocycles. The quantitative estimate of drug-likeness (QED) is 0.211. The minimum atomic E-state index is -1.85. The van der Waals surface area contributed by atoms with Crippen LogP contribution in [0.4, 0.5) is 5.82 Å². The zero-order valence-electron chi connectivity index (χ0n) is 23.8. The van der Waals surface area contributed by atoms with Gasteiger partial charge in [-0.25, -0.2) is 15.0 Å². The van der Waals surface area contributed by atoms with Gasteiger partial charge in [-0.2, -0.15) is 0 Å². The van der Waals surface area contributed by atoms with E-state index in [1.807, 2.05) is 30.5 Å². The molecule has 8 heteroatoms. The third kappa shape index (κ3) is 5.05. The van der Waals surface area contributed by atoms with Crippen LogP contribution in [0.15, 0.2) is 73.1 Å². The first kappa shape index (κ1) is 26.3. The van der Waals surface area contributed by atoms with Crippen LogP contribution in [0, 0.1) is 0 Å². The number of nitrogens with zero attached hydrogens (tertiary/aromatic N) is 5. The Balaban J connectivity index is 1.41. The van der Waals surface area contributed by atoms with Crippen molar-refractivity contribution in [2.45, 2.75) is 64.3 Å². The molecule has 0 atom stereocenters. The van der Waals surface area contributed by atoms with Crippen molar-refractivity contribution in [2.24, 2.45) is 0 Å². The van der Waals surface area contributed by atoms with Crippen molar-refractivity contribution in [3.63, 3.8) is 0 Å². The highest BCUT2D eigenvalue weighted by atomic mass is 28.4. The molecular formula is C32H36N6OSi. The molecule has 0 spiro atoms. The summed E-state index contributed by atoms with van der Waals surface area (Å²) in [6.07, 6.45) is 6.19. The van der Waals surface area contributed by atoms with Gasteiger partial charge in [0.2, 0.25) is 0 Å². The van der Waals surface area contributed by atoms with Crippen LogP contribution < -0.4 is 5.73 Å². The summed E-state index contributed by atoms with van der Waals surface area (Å²) in [7, 11) is -1.85. The lowest BCUT2D eigenvalue weighted by molar-refractivity contribution is 0.276. The molecule has 4 heterocycles. The molecule has 0 saturated heterocycles. The highest BCUT2D eigenvalue weighted by Crippen LogP contribution is 2.40. The standard InChI is InChI=1S/C32H36N6OSi/c1-32(2,3)40(4,5)39-20-21-8-13-24(14-9-21)38-30(25-7-6-18-34-29(25)33)37-28-17-16-27(36-31(28)38)26-15-12-23(19-35-26)22-10-11-22/h6-9,12-19,22H,10-11,20H2,1-5H3,(H2,33,34). The van der Waals surface area contributed by atoms with Crippen molar-refractivity contribution in [3.05, 3.63) is 84.2 Å². The lowest BCUT2D eigenvalue weighted by Gasteiger charge is -2.36. The zero-order chi connectivity index (χ0) is 28.1. The highest BCUT2D eigenvalue weighted by Gasteiger charge is 2.37. The van der Waals surface area contributed by atoms with Crippen LogP contribution in [-0.2, 0) is 11.0 Å². The van der Waals surface area contributed by atoms with Gasteiger partial charge in [-0.15, -0.1) is 0 Å². The molecule has 1 aliphatic rings. The molecule has 40 heavy (non-hydrogen) atoms. The number of rotatable bonds is 7. The van der Waals surface area contributed by atoms with E-state index in [1.165, 1.54) is 18.4 Å². The largest absolute Gasteiger partial charge is 0.413 e. The van der Waals surface area contributed by atoms with Gasteiger partial charge in [-0.3, -0.25) is 9.55 Å². The highest BCUT2D eigenvalue weighted by molar-refractivity contribution is 6.74. The Labute approximate surface area is 236 Å². The Kier molecular flexibility index (Phi) is 6.55. The van der Waals surface area contributed by atoms with Crippen molar-refractivity contribution in [1.29, 1.82) is 0 Å². The van der Waals surface area contributed by atoms with Gasteiger partial charge >= 0.3 is 0 Å². The fraction of sp³-hybridized carbons (Fsp3) is 0.312. The monoisotopic (exact) mass is 548 g/mol. The number of nitrogen functional groups attached to an aromatic ring is 1. The summed E-state index contributed by atoms with van der Waals surface area (Å²) < 4.78 is 8.52. The summed E-state index contributed by atoms with van der Waals surface area (Å²) in [5, 5.41) is 0.164. The normalized spacial score (nSPS) is 14.1. The summed E-state index contributed by atoms with van der Waals surface area (Å²) in [4.78, 5) is 19.1. The number of hydrogen-bond donors (Lipinski definition) is 1. The molecule has 204 valence electrons. The number of fused-ring (bicyclic) bond motifs is 1. The second kappa shape index (κ2) is 9.94. The predicted molar refractivity (Wildman–Crippen MR) is 164 cm³/mol. The van der Waals surface area contributed by atoms with Gasteiger partial charge in [0.05, 0.1) is 23.6 Å². The van der Waals surface area contributed by atoms with Crippen LogP contribution in [0.2, 0.25) is 18.1 Å². The molecule has 1 aliphatic carbocycles. The molecule has 5 aromatic rings. The molecule has 6 rings (SSSR count). The molecule has 0 radical (unpaired) electrons. The SMILES string of the molecule is CC(C)(C)[Si](C)(C)OCc1ccc(-n2c(-c3cccnc3N)nc3ccc(-c4ccc(C5CC5)cn4)nc32)cc1. The second-order valence-corrected chi connectivity index (χ2v) is 17.0. The van der Waals surface area contributed by atoms with Crippen molar-refractivity contribution in [1.82, 2.24) is 24.5 Å². The summed E-state index contributed by atoms with van der Waals surface area (Å²) in [5.41, 5.74) is 13.6. The number of hydrogen-bond acceptors (Lipinski definition) is 6. The van der Waals surface area contributed by atoms with Crippen LogP contribution >= 0.6 is 0 Å². The fourth-order valence-electron chi connectivity index (χ4n) is 4.57. The maximum absolute atomic E-state index is 6.46. The Morgan fingerprint density at radius 2 is 1.68 bits per heavy atom. The molecule has 0 unspecified atom stereocenters. The van der Waals surface area contributed by atoms with Crippen LogP contribution in [0.1, 0.15) is 50.7 Å². The molecule has 1 aromatic carbocycles. The molecule has 1 fully saturated rings. The first-order valence-corrected chi connectivity index (χ1v) is 16.8. The summed E-state index contributed by atoms with van der Waals surface area (Å²) in [5.74, 6) is 1.80. The van der Waals surface area contributed by atoms with E-state index in [0.717, 1.165) is 39.4 Å². The minimum Gasteiger partial charge on any atom is -0.413 e. The number of aromatic nitrogens is 5. The Morgan fingerprint density at radius 1 is 0.925 bits per heavy atom. The summed E-state index contributed by atoms with van der Waals surface area (Å²) in [6.45, 7) is 11.9. The molecule has 0 aliphatic heterocycles. The average Bonchev–Trinajstić information content (AvgIpc) is 3.72. The van der Waals surface area contributed by atoms with Gasteiger partial charge in [-0.05, 0) is 90.5 Å². The van der Waals surface area contributed by atoms with Gasteiger partial charge in [-0.1, -0.05) is 39.0 Å². The Morgan fingerprint density at radius 3 is 2.33 bits per heavy atom. The van der Waals surface area contributed by atoms with Gasteiger partial charge in [0.25, 0.3) is 0 Å². The number of nitrogens with two attached hydrogens (primary N) is 1. The van der Waals surface area contributed by atoms with Gasteiger partial charge in [0.15, 0.2) is 19.8 Å². The van der Waals surface area contributed by atoms with E-state index >= 15 is 0 Å². The van der Waals surface area contributed by atoms with Gasteiger partial charge < -0.3 is 10.2 Å². The van der Waals surface area contributed by atoms with E-state index in [9.17, 15) is 0 Å². The van der Waals surface area contributed by atoms with Crippen molar-refractivity contribution in [2.75, 3.05) is 5.73 Å². The number of anilines is 1. The number of pyridine rings is 3. The first-order valence-electron chi connectivity index (χ1n) is 13.9. The molecule has 4 aromatic heterocycles. The van der Waals surface area contributed by atoms with E-state index in [-0.39, 0.29) is 5.04 Å². The van der Waals surface area contributed by atoms with E-state index in [1.54, 1.807) is 6.20 Å². The zero-order valence-corrected chi connectivity index (χ0v) is 24.8. The molecular weight excluding hydrogens is 512 g/mol. The lowest BCUT2D eigenvalue weighted by atomic mass is 10.1. The molecule has 2 N–H and O–H groups in total. The van der Waals surface area contributed by atoms with E-state index in [4.69, 9.17) is 25.1 Å². The van der Waals surface area contributed by atoms with Gasteiger partial charge in [0.1, 0.15) is 11.3 Å². The summed E-state index contributed by atoms with van der Waals surface area (Å²) >= 11 is 0. The third-order valence-electron chi connectivity index (χ3n) is 8.28. The topological polar surface area (TPSA) is 91.7 Å². The van der Waals surface area contributed by atoms with Crippen LogP contribution in [-0.4, -0.2) is 32.8 Å². The van der Waals surface area contributed by atoms with Crippen molar-refractivity contribution >= 4 is 25.3 Å². The van der Waals surface area contributed by atoms with Crippen LogP contribution in [0.25, 0.3) is 39.6 Å². The molecule has 0 amide bonds. The average molecular weight is 549 g/mol. The Hall–Kier alpha value is -3.88. The number of benzene rings is 1. The maximum Gasteiger partial charge on any atom is 0.192 e. The fourth-order valence-corrected chi connectivity index (χ4v) is 5.53. The molecule has 0 bridgehead atoms.